The molecule has 6 aromatic heterocycles. The summed E-state index contributed by atoms with van der Waals surface area (Å²) >= 11 is 3.72. The molecule has 0 radical (unpaired) electrons. The number of rotatable bonds is 6. The summed E-state index contributed by atoms with van der Waals surface area (Å²) in [6.07, 6.45) is 7.27. The second-order valence-electron chi connectivity index (χ2n) is 13.9. The van der Waals surface area contributed by atoms with E-state index in [2.05, 4.69) is 143 Å². The molecule has 0 fully saturated rings. The fraction of sp³-hybridized carbons (Fsp3) is 0. The van der Waals surface area contributed by atoms with E-state index < -0.39 is 0 Å². The monoisotopic (exact) mass is 750 g/mol. The van der Waals surface area contributed by atoms with E-state index >= 15 is 0 Å². The van der Waals surface area contributed by atoms with Crippen LogP contribution in [0.1, 0.15) is 0 Å². The zero-order valence-electron chi connectivity index (χ0n) is 29.9. The summed E-state index contributed by atoms with van der Waals surface area (Å²) in [4.78, 5) is 19.2. The van der Waals surface area contributed by atoms with Gasteiger partial charge in [-0.3, -0.25) is 9.97 Å². The minimum Gasteiger partial charge on any atom is -0.264 e. The Kier molecular flexibility index (Phi) is 7.83. The van der Waals surface area contributed by atoms with Crippen molar-refractivity contribution >= 4 is 63.0 Å². The molecular weight excluding hydrogens is 721 g/mol. The lowest BCUT2D eigenvalue weighted by Crippen LogP contribution is -1.94. The van der Waals surface area contributed by atoms with Gasteiger partial charge in [-0.2, -0.15) is 0 Å². The number of fused-ring (bicyclic) bond motifs is 6. The molecule has 56 heavy (non-hydrogen) atoms. The molecule has 0 aliphatic rings. The van der Waals surface area contributed by atoms with Crippen LogP contribution in [-0.2, 0) is 0 Å². The Bertz CT molecular complexity index is 3070. The van der Waals surface area contributed by atoms with E-state index in [1.165, 1.54) is 62.6 Å². The van der Waals surface area contributed by atoms with Gasteiger partial charge in [0.05, 0.1) is 22.8 Å². The average Bonchev–Trinajstić information content (AvgIpc) is 3.86. The predicted molar refractivity (Wildman–Crippen MR) is 236 cm³/mol. The van der Waals surface area contributed by atoms with Gasteiger partial charge in [-0.1, -0.05) is 78.9 Å². The van der Waals surface area contributed by atoms with Crippen molar-refractivity contribution in [3.05, 3.63) is 183 Å². The van der Waals surface area contributed by atoms with E-state index in [1.54, 1.807) is 12.4 Å². The van der Waals surface area contributed by atoms with E-state index in [0.717, 1.165) is 45.0 Å². The summed E-state index contributed by atoms with van der Waals surface area (Å²) in [6.45, 7) is 0. The molecule has 0 bridgehead atoms. The second kappa shape index (κ2) is 13.5. The van der Waals surface area contributed by atoms with Gasteiger partial charge in [-0.25, -0.2) is 9.97 Å². The topological polar surface area (TPSA) is 51.6 Å². The highest BCUT2D eigenvalue weighted by molar-refractivity contribution is 7.26. The van der Waals surface area contributed by atoms with E-state index in [4.69, 9.17) is 9.97 Å². The van der Waals surface area contributed by atoms with Gasteiger partial charge in [0.2, 0.25) is 0 Å². The van der Waals surface area contributed by atoms with Crippen molar-refractivity contribution < 1.29 is 0 Å². The molecule has 11 aromatic rings. The van der Waals surface area contributed by atoms with Gasteiger partial charge in [-0.05, 0) is 101 Å². The molecular formula is C50H30N4S2. The fourth-order valence-corrected chi connectivity index (χ4v) is 10.3. The third kappa shape index (κ3) is 5.66. The average molecular weight is 751 g/mol. The molecule has 0 spiro atoms. The summed E-state index contributed by atoms with van der Waals surface area (Å²) in [6, 6.07) is 56.3. The van der Waals surface area contributed by atoms with Crippen LogP contribution in [0.3, 0.4) is 0 Å². The summed E-state index contributed by atoms with van der Waals surface area (Å²) in [5.41, 5.74) is 12.1. The fourth-order valence-electron chi connectivity index (χ4n) is 7.79. The van der Waals surface area contributed by atoms with Crippen LogP contribution in [0.2, 0.25) is 0 Å². The van der Waals surface area contributed by atoms with E-state index in [9.17, 15) is 0 Å². The van der Waals surface area contributed by atoms with Gasteiger partial charge in [-0.15, -0.1) is 22.7 Å². The third-order valence-electron chi connectivity index (χ3n) is 10.4. The Morgan fingerprint density at radius 3 is 1.29 bits per heavy atom. The normalized spacial score (nSPS) is 11.6. The maximum absolute atomic E-state index is 5.39. The third-order valence-corrected chi connectivity index (χ3v) is 12.9. The van der Waals surface area contributed by atoms with Gasteiger partial charge in [0.1, 0.15) is 0 Å². The van der Waals surface area contributed by atoms with Crippen LogP contribution in [-0.4, -0.2) is 19.9 Å². The molecule has 11 rings (SSSR count). The van der Waals surface area contributed by atoms with Gasteiger partial charge in [0.25, 0.3) is 0 Å². The highest BCUT2D eigenvalue weighted by Crippen LogP contribution is 2.45. The molecule has 0 unspecified atom stereocenters. The molecule has 0 atom stereocenters. The van der Waals surface area contributed by atoms with Crippen LogP contribution in [0.15, 0.2) is 183 Å². The molecule has 0 N–H and O–H groups in total. The summed E-state index contributed by atoms with van der Waals surface area (Å²) in [5, 5.41) is 5.16. The molecule has 6 heteroatoms. The van der Waals surface area contributed by atoms with E-state index in [0.29, 0.717) is 0 Å². The molecule has 0 amide bonds. The van der Waals surface area contributed by atoms with Crippen LogP contribution in [0.4, 0.5) is 0 Å². The Labute approximate surface area is 331 Å². The second-order valence-corrected chi connectivity index (χ2v) is 16.0. The first-order valence-corrected chi connectivity index (χ1v) is 20.1. The first-order valence-electron chi connectivity index (χ1n) is 18.5. The minimum atomic E-state index is 0.832. The van der Waals surface area contributed by atoms with Gasteiger partial charge in [0, 0.05) is 87.4 Å². The van der Waals surface area contributed by atoms with Gasteiger partial charge < -0.3 is 0 Å². The Morgan fingerprint density at radius 1 is 0.321 bits per heavy atom. The van der Waals surface area contributed by atoms with Crippen molar-refractivity contribution in [1.29, 1.82) is 0 Å². The van der Waals surface area contributed by atoms with Crippen LogP contribution in [0, 0.1) is 0 Å². The highest BCUT2D eigenvalue weighted by atomic mass is 32.1. The number of pyridine rings is 4. The number of aromatic nitrogens is 4. The summed E-state index contributed by atoms with van der Waals surface area (Å²) < 4.78 is 5.18. The SMILES string of the molecule is c1cncc(-c2cc(-c3cccc(-c4cc(-c5cccc6c5sc5ccccc56)cc(-c5cccc6c5sc5ccccc56)c4)n3)cc(-c3cccnc3)n2)c1. The minimum absolute atomic E-state index is 0.832. The lowest BCUT2D eigenvalue weighted by atomic mass is 9.93. The number of hydrogen-bond donors (Lipinski definition) is 0. The molecule has 6 heterocycles. The molecule has 0 saturated carbocycles. The lowest BCUT2D eigenvalue weighted by molar-refractivity contribution is 1.25. The molecule has 0 aliphatic carbocycles. The smallest absolute Gasteiger partial charge is 0.0731 e. The van der Waals surface area contributed by atoms with E-state index in [1.807, 2.05) is 59.3 Å². The number of benzene rings is 5. The maximum Gasteiger partial charge on any atom is 0.0731 e. The first-order chi connectivity index (χ1) is 27.7. The van der Waals surface area contributed by atoms with Crippen molar-refractivity contribution in [1.82, 2.24) is 19.9 Å². The largest absolute Gasteiger partial charge is 0.264 e. The molecule has 5 aromatic carbocycles. The van der Waals surface area contributed by atoms with Crippen LogP contribution in [0.25, 0.3) is 108 Å². The highest BCUT2D eigenvalue weighted by Gasteiger charge is 2.17. The standard InChI is InChI=1S/C50H30N4S2/c1-3-20-47-39(12-1)41-16-5-14-37(49(41)55-47)33-24-34(38-15-6-17-42-40-13-2-4-21-48(40)56-50(38)42)26-35(25-33)43-18-7-19-44(53-43)36-27-45(31-10-8-22-51-29-31)54-46(28-36)32-11-9-23-52-30-32/h1-30H. The maximum atomic E-state index is 5.39. The molecule has 0 aliphatic heterocycles. The summed E-state index contributed by atoms with van der Waals surface area (Å²) in [7, 11) is 0. The zero-order valence-corrected chi connectivity index (χ0v) is 31.6. The first kappa shape index (κ1) is 32.6. The van der Waals surface area contributed by atoms with Crippen molar-refractivity contribution in [2.75, 3.05) is 0 Å². The number of hydrogen-bond acceptors (Lipinski definition) is 6. The molecule has 262 valence electrons. The number of nitrogens with zero attached hydrogens (tertiary/aromatic N) is 4. The van der Waals surface area contributed by atoms with Gasteiger partial charge >= 0.3 is 0 Å². The Hall–Kier alpha value is -6.86. The molecule has 4 nitrogen and oxygen atoms in total. The van der Waals surface area contributed by atoms with Crippen LogP contribution < -0.4 is 0 Å². The van der Waals surface area contributed by atoms with Gasteiger partial charge in [0.15, 0.2) is 0 Å². The van der Waals surface area contributed by atoms with Crippen molar-refractivity contribution in [3.8, 4) is 67.3 Å². The van der Waals surface area contributed by atoms with Crippen LogP contribution >= 0.6 is 22.7 Å². The summed E-state index contributed by atoms with van der Waals surface area (Å²) in [5.74, 6) is 0. The lowest BCUT2D eigenvalue weighted by Gasteiger charge is -2.14. The zero-order chi connectivity index (χ0) is 37.0. The van der Waals surface area contributed by atoms with E-state index in [-0.39, 0.29) is 0 Å². The predicted octanol–water partition coefficient (Wildman–Crippen LogP) is 14.0. The van der Waals surface area contributed by atoms with Crippen molar-refractivity contribution in [2.24, 2.45) is 0 Å². The van der Waals surface area contributed by atoms with Crippen LogP contribution in [0.5, 0.6) is 0 Å². The molecule has 0 saturated heterocycles. The Morgan fingerprint density at radius 2 is 0.768 bits per heavy atom. The van der Waals surface area contributed by atoms with Crippen molar-refractivity contribution in [2.45, 2.75) is 0 Å². The van der Waals surface area contributed by atoms with Crippen molar-refractivity contribution in [3.63, 3.8) is 0 Å². The quantitative estimate of drug-likeness (QED) is 0.170. The Balaban J connectivity index is 1.12. The number of thiophene rings is 2.